The number of hydrogen-bond acceptors (Lipinski definition) is 4. The molecule has 2 rings (SSSR count). The van der Waals surface area contributed by atoms with Crippen LogP contribution in [-0.2, 0) is 0 Å². The monoisotopic (exact) mass is 259 g/mol. The summed E-state index contributed by atoms with van der Waals surface area (Å²) in [6.07, 6.45) is 2.32. The quantitative estimate of drug-likeness (QED) is 0.871. The largest absolute Gasteiger partial charge is 0.495 e. The van der Waals surface area contributed by atoms with Gasteiger partial charge in [0.2, 0.25) is 0 Å². The van der Waals surface area contributed by atoms with Gasteiger partial charge in [0.1, 0.15) is 11.4 Å². The molecule has 0 bridgehead atoms. The summed E-state index contributed by atoms with van der Waals surface area (Å²) in [5.41, 5.74) is 1.32. The smallest absolute Gasteiger partial charge is 0.275 e. The molecule has 1 amide bonds. The minimum absolute atomic E-state index is 0.128. The van der Waals surface area contributed by atoms with Crippen molar-refractivity contribution in [2.45, 2.75) is 6.92 Å². The summed E-state index contributed by atoms with van der Waals surface area (Å²) >= 11 is 0. The minimum atomic E-state index is -0.417. The molecule has 0 unspecified atom stereocenters. The predicted molar refractivity (Wildman–Crippen MR) is 70.5 cm³/mol. The van der Waals surface area contributed by atoms with E-state index in [0.717, 1.165) is 11.8 Å². The van der Waals surface area contributed by atoms with E-state index in [4.69, 9.17) is 4.74 Å². The van der Waals surface area contributed by atoms with Gasteiger partial charge in [-0.15, -0.1) is 0 Å². The molecule has 0 atom stereocenters. The first kappa shape index (κ1) is 12.8. The van der Waals surface area contributed by atoms with Crippen molar-refractivity contribution in [3.05, 3.63) is 52.2 Å². The van der Waals surface area contributed by atoms with E-state index < -0.39 is 5.91 Å². The molecule has 0 aliphatic heterocycles. The summed E-state index contributed by atoms with van der Waals surface area (Å²) in [5.74, 6) is 0.142. The van der Waals surface area contributed by atoms with Crippen LogP contribution in [0.4, 0.5) is 5.69 Å². The van der Waals surface area contributed by atoms with Gasteiger partial charge in [0, 0.05) is 6.20 Å². The van der Waals surface area contributed by atoms with Crippen molar-refractivity contribution in [3.63, 3.8) is 0 Å². The van der Waals surface area contributed by atoms with Crippen LogP contribution in [0.15, 0.2) is 35.4 Å². The highest BCUT2D eigenvalue weighted by Gasteiger charge is 2.11. The number of hydrogen-bond donors (Lipinski definition) is 2. The molecule has 6 nitrogen and oxygen atoms in total. The Morgan fingerprint density at radius 1 is 1.42 bits per heavy atom. The minimum Gasteiger partial charge on any atom is -0.495 e. The van der Waals surface area contributed by atoms with Crippen LogP contribution >= 0.6 is 0 Å². The van der Waals surface area contributed by atoms with E-state index >= 15 is 0 Å². The zero-order chi connectivity index (χ0) is 13.8. The zero-order valence-electron chi connectivity index (χ0n) is 10.6. The van der Waals surface area contributed by atoms with Crippen LogP contribution in [0.1, 0.15) is 16.1 Å². The summed E-state index contributed by atoms with van der Waals surface area (Å²) in [5, 5.41) is 2.69. The number of nitrogens with zero attached hydrogens (tertiary/aromatic N) is 1. The molecule has 2 aromatic rings. The number of benzene rings is 1. The van der Waals surface area contributed by atoms with E-state index in [-0.39, 0.29) is 11.3 Å². The first-order valence-electron chi connectivity index (χ1n) is 5.61. The molecule has 19 heavy (non-hydrogen) atoms. The molecule has 98 valence electrons. The number of methoxy groups -OCH3 is 1. The first-order chi connectivity index (χ1) is 9.10. The predicted octanol–water partition coefficient (Wildman–Crippen LogP) is 1.34. The second-order valence-corrected chi connectivity index (χ2v) is 3.95. The average molecular weight is 259 g/mol. The molecule has 1 heterocycles. The van der Waals surface area contributed by atoms with Crippen LogP contribution in [-0.4, -0.2) is 23.0 Å². The maximum atomic E-state index is 12.0. The fourth-order valence-corrected chi connectivity index (χ4v) is 1.57. The third-order valence-electron chi connectivity index (χ3n) is 2.51. The number of rotatable bonds is 3. The zero-order valence-corrected chi connectivity index (χ0v) is 10.6. The molecule has 0 aliphatic carbocycles. The number of carbonyl (C=O) groups excluding carboxylic acids is 1. The van der Waals surface area contributed by atoms with Gasteiger partial charge in [-0.1, -0.05) is 6.07 Å². The second kappa shape index (κ2) is 5.34. The number of nitrogens with one attached hydrogen (secondary N) is 2. The van der Waals surface area contributed by atoms with Crippen molar-refractivity contribution in [2.75, 3.05) is 12.4 Å². The molecule has 2 N–H and O–H groups in total. The lowest BCUT2D eigenvalue weighted by molar-refractivity contribution is 0.102. The van der Waals surface area contributed by atoms with Gasteiger partial charge in [-0.3, -0.25) is 9.59 Å². The molecular weight excluding hydrogens is 246 g/mol. The first-order valence-corrected chi connectivity index (χ1v) is 5.61. The summed E-state index contributed by atoms with van der Waals surface area (Å²) in [4.78, 5) is 29.0. The van der Waals surface area contributed by atoms with Gasteiger partial charge in [-0.05, 0) is 24.6 Å². The van der Waals surface area contributed by atoms with Gasteiger partial charge in [-0.2, -0.15) is 0 Å². The molecular formula is C13H13N3O3. The average Bonchev–Trinajstić information content (AvgIpc) is 2.39. The standard InChI is InChI=1S/C13H13N3O3/c1-8-3-4-11(19-2)9(5-8)16-13(18)10-6-15-12(17)7-14-10/h3-7H,1-2H3,(H,15,17)(H,16,18). The number of H-pyrrole nitrogens is 1. The molecule has 1 aromatic heterocycles. The van der Waals surface area contributed by atoms with Crippen molar-refractivity contribution < 1.29 is 9.53 Å². The number of amides is 1. The van der Waals surface area contributed by atoms with Crippen molar-refractivity contribution in [1.29, 1.82) is 0 Å². The molecule has 6 heteroatoms. The van der Waals surface area contributed by atoms with E-state index in [0.29, 0.717) is 11.4 Å². The van der Waals surface area contributed by atoms with Crippen molar-refractivity contribution in [1.82, 2.24) is 9.97 Å². The Bertz CT molecular complexity index is 644. The van der Waals surface area contributed by atoms with E-state index in [2.05, 4.69) is 15.3 Å². The Morgan fingerprint density at radius 3 is 2.84 bits per heavy atom. The SMILES string of the molecule is COc1ccc(C)cc1NC(=O)c1c[nH]c(=O)cn1. The van der Waals surface area contributed by atoms with E-state index in [1.54, 1.807) is 12.1 Å². The molecule has 0 saturated carbocycles. The van der Waals surface area contributed by atoms with Gasteiger partial charge in [0.15, 0.2) is 0 Å². The van der Waals surface area contributed by atoms with Crippen molar-refractivity contribution >= 4 is 11.6 Å². The molecule has 1 aromatic carbocycles. The lowest BCUT2D eigenvalue weighted by Crippen LogP contribution is -2.17. The Balaban J connectivity index is 2.25. The maximum Gasteiger partial charge on any atom is 0.275 e. The lowest BCUT2D eigenvalue weighted by atomic mass is 10.2. The number of aromatic nitrogens is 2. The summed E-state index contributed by atoms with van der Waals surface area (Å²) in [7, 11) is 1.53. The number of aryl methyl sites for hydroxylation is 1. The summed E-state index contributed by atoms with van der Waals surface area (Å²) in [6, 6.07) is 5.44. The summed E-state index contributed by atoms with van der Waals surface area (Å²) in [6.45, 7) is 1.91. The van der Waals surface area contributed by atoms with E-state index in [1.807, 2.05) is 13.0 Å². The van der Waals surface area contributed by atoms with Crippen LogP contribution in [0.25, 0.3) is 0 Å². The fraction of sp³-hybridized carbons (Fsp3) is 0.154. The molecule has 0 fully saturated rings. The van der Waals surface area contributed by atoms with Gasteiger partial charge in [-0.25, -0.2) is 4.98 Å². The molecule has 0 radical (unpaired) electrons. The normalized spacial score (nSPS) is 10.0. The number of aromatic amines is 1. The van der Waals surface area contributed by atoms with Gasteiger partial charge < -0.3 is 15.0 Å². The Hall–Kier alpha value is -2.63. The topological polar surface area (TPSA) is 84.1 Å². The van der Waals surface area contributed by atoms with Gasteiger partial charge in [0.05, 0.1) is 19.0 Å². The molecule has 0 saturated heterocycles. The number of carbonyl (C=O) groups is 1. The third-order valence-corrected chi connectivity index (χ3v) is 2.51. The highest BCUT2D eigenvalue weighted by molar-refractivity contribution is 6.03. The van der Waals surface area contributed by atoms with Gasteiger partial charge in [0.25, 0.3) is 11.5 Å². The molecule has 0 aliphatic rings. The van der Waals surface area contributed by atoms with Crippen molar-refractivity contribution in [2.24, 2.45) is 0 Å². The van der Waals surface area contributed by atoms with E-state index in [1.165, 1.54) is 13.3 Å². The lowest BCUT2D eigenvalue weighted by Gasteiger charge is -2.10. The third kappa shape index (κ3) is 2.98. The van der Waals surface area contributed by atoms with E-state index in [9.17, 15) is 9.59 Å². The fourth-order valence-electron chi connectivity index (χ4n) is 1.57. The number of anilines is 1. The molecule has 0 spiro atoms. The second-order valence-electron chi connectivity index (χ2n) is 3.95. The van der Waals surface area contributed by atoms with Crippen LogP contribution in [0, 0.1) is 6.92 Å². The Labute approximate surface area is 109 Å². The highest BCUT2D eigenvalue weighted by Crippen LogP contribution is 2.25. The van der Waals surface area contributed by atoms with Crippen LogP contribution in [0.3, 0.4) is 0 Å². The highest BCUT2D eigenvalue weighted by atomic mass is 16.5. The maximum absolute atomic E-state index is 12.0. The Morgan fingerprint density at radius 2 is 2.21 bits per heavy atom. The van der Waals surface area contributed by atoms with Crippen LogP contribution in [0.2, 0.25) is 0 Å². The Kier molecular flexibility index (Phi) is 3.61. The number of ether oxygens (including phenoxy) is 1. The van der Waals surface area contributed by atoms with Gasteiger partial charge >= 0.3 is 0 Å². The van der Waals surface area contributed by atoms with Crippen LogP contribution < -0.4 is 15.6 Å². The summed E-state index contributed by atoms with van der Waals surface area (Å²) < 4.78 is 5.16. The van der Waals surface area contributed by atoms with Crippen molar-refractivity contribution in [3.8, 4) is 5.75 Å². The van der Waals surface area contributed by atoms with Crippen LogP contribution in [0.5, 0.6) is 5.75 Å².